The first-order chi connectivity index (χ1) is 8.25. The van der Waals surface area contributed by atoms with Gasteiger partial charge in [0.05, 0.1) is 6.54 Å². The van der Waals surface area contributed by atoms with E-state index in [2.05, 4.69) is 24.1 Å². The molecule has 2 rings (SSSR count). The summed E-state index contributed by atoms with van der Waals surface area (Å²) in [6, 6.07) is 0. The number of carbonyl (C=O) groups excluding carboxylic acids is 1. The number of allylic oxidation sites excluding steroid dienone is 2. The Labute approximate surface area is 103 Å². The van der Waals surface area contributed by atoms with Gasteiger partial charge in [0, 0.05) is 19.6 Å². The summed E-state index contributed by atoms with van der Waals surface area (Å²) in [5, 5.41) is 0. The van der Waals surface area contributed by atoms with Crippen molar-refractivity contribution in [2.75, 3.05) is 39.8 Å². The van der Waals surface area contributed by atoms with E-state index in [9.17, 15) is 4.79 Å². The van der Waals surface area contributed by atoms with E-state index in [-0.39, 0.29) is 6.09 Å². The number of hydrogen-bond donors (Lipinski definition) is 0. The zero-order chi connectivity index (χ0) is 12.1. The summed E-state index contributed by atoms with van der Waals surface area (Å²) < 4.78 is 4.91. The quantitative estimate of drug-likeness (QED) is 0.684. The van der Waals surface area contributed by atoms with Crippen LogP contribution in [0.25, 0.3) is 0 Å². The number of ether oxygens (including phenoxy) is 1. The van der Waals surface area contributed by atoms with E-state index < -0.39 is 0 Å². The summed E-state index contributed by atoms with van der Waals surface area (Å²) in [7, 11) is 2.14. The summed E-state index contributed by atoms with van der Waals surface area (Å²) in [4.78, 5) is 15.4. The van der Waals surface area contributed by atoms with Gasteiger partial charge >= 0.3 is 6.09 Å². The Hall–Kier alpha value is -1.03. The lowest BCUT2D eigenvalue weighted by molar-refractivity contribution is 0.154. The normalized spacial score (nSPS) is 24.5. The van der Waals surface area contributed by atoms with Gasteiger partial charge in [0.2, 0.25) is 0 Å². The van der Waals surface area contributed by atoms with Gasteiger partial charge in [0.15, 0.2) is 0 Å². The van der Waals surface area contributed by atoms with E-state index in [1.54, 1.807) is 4.90 Å². The zero-order valence-electron chi connectivity index (χ0n) is 10.6. The van der Waals surface area contributed by atoms with E-state index in [0.717, 1.165) is 32.1 Å². The Morgan fingerprint density at radius 3 is 3.06 bits per heavy atom. The fourth-order valence-electron chi connectivity index (χ4n) is 2.47. The number of likely N-dealkylation sites (N-methyl/N-ethyl adjacent to an activating group) is 1. The second-order valence-electron chi connectivity index (χ2n) is 5.01. The minimum absolute atomic E-state index is 0.154. The lowest BCUT2D eigenvalue weighted by Gasteiger charge is -2.26. The Bertz CT molecular complexity index is 291. The number of carbonyl (C=O) groups is 1. The number of amides is 1. The molecule has 17 heavy (non-hydrogen) atoms. The van der Waals surface area contributed by atoms with Gasteiger partial charge in [-0.3, -0.25) is 0 Å². The molecule has 0 saturated carbocycles. The molecule has 1 amide bonds. The molecule has 1 saturated heterocycles. The van der Waals surface area contributed by atoms with Crippen LogP contribution in [0, 0.1) is 5.92 Å². The minimum atomic E-state index is -0.154. The molecule has 1 fully saturated rings. The molecule has 0 aromatic heterocycles. The predicted molar refractivity (Wildman–Crippen MR) is 66.9 cm³/mol. The van der Waals surface area contributed by atoms with Crippen LogP contribution in [0.1, 0.15) is 19.3 Å². The van der Waals surface area contributed by atoms with Gasteiger partial charge < -0.3 is 14.5 Å². The summed E-state index contributed by atoms with van der Waals surface area (Å²) >= 11 is 0. The molecule has 0 spiro atoms. The van der Waals surface area contributed by atoms with Gasteiger partial charge in [0.25, 0.3) is 0 Å². The fourth-order valence-corrected chi connectivity index (χ4v) is 2.47. The number of hydrogen-bond acceptors (Lipinski definition) is 3. The Morgan fingerprint density at radius 2 is 2.41 bits per heavy atom. The van der Waals surface area contributed by atoms with Gasteiger partial charge in [-0.05, 0) is 32.2 Å². The molecule has 0 bridgehead atoms. The molecule has 96 valence electrons. The number of rotatable bonds is 5. The summed E-state index contributed by atoms with van der Waals surface area (Å²) in [5.41, 5.74) is 0. The highest BCUT2D eigenvalue weighted by Crippen LogP contribution is 2.18. The van der Waals surface area contributed by atoms with E-state index in [0.29, 0.717) is 6.61 Å². The van der Waals surface area contributed by atoms with Crippen molar-refractivity contribution in [3.8, 4) is 0 Å². The van der Waals surface area contributed by atoms with E-state index in [1.165, 1.54) is 19.3 Å². The molecule has 4 heteroatoms. The van der Waals surface area contributed by atoms with Crippen molar-refractivity contribution in [2.24, 2.45) is 5.92 Å². The second-order valence-corrected chi connectivity index (χ2v) is 5.01. The van der Waals surface area contributed by atoms with Crippen LogP contribution in [0.2, 0.25) is 0 Å². The number of cyclic esters (lactones) is 1. The average molecular weight is 238 g/mol. The lowest BCUT2D eigenvalue weighted by Crippen LogP contribution is -2.36. The first kappa shape index (κ1) is 12.4. The van der Waals surface area contributed by atoms with E-state index in [1.807, 2.05) is 0 Å². The molecule has 1 aliphatic heterocycles. The van der Waals surface area contributed by atoms with Crippen molar-refractivity contribution in [2.45, 2.75) is 19.3 Å². The third kappa shape index (κ3) is 3.73. The van der Waals surface area contributed by atoms with E-state index >= 15 is 0 Å². The average Bonchev–Trinajstić information content (AvgIpc) is 2.74. The van der Waals surface area contributed by atoms with Gasteiger partial charge in [0.1, 0.15) is 6.61 Å². The Morgan fingerprint density at radius 1 is 1.53 bits per heavy atom. The summed E-state index contributed by atoms with van der Waals surface area (Å²) in [6.45, 7) is 4.16. The summed E-state index contributed by atoms with van der Waals surface area (Å²) in [6.07, 6.45) is 8.13. The van der Waals surface area contributed by atoms with Crippen LogP contribution in [-0.2, 0) is 4.74 Å². The van der Waals surface area contributed by atoms with Crippen LogP contribution in [0.4, 0.5) is 4.79 Å². The molecule has 4 nitrogen and oxygen atoms in total. The Balaban J connectivity index is 1.64. The highest BCUT2D eigenvalue weighted by Gasteiger charge is 2.22. The van der Waals surface area contributed by atoms with Crippen molar-refractivity contribution in [3.63, 3.8) is 0 Å². The van der Waals surface area contributed by atoms with Crippen molar-refractivity contribution in [1.82, 2.24) is 9.80 Å². The van der Waals surface area contributed by atoms with Crippen LogP contribution < -0.4 is 0 Å². The molecule has 0 aromatic carbocycles. The molecule has 1 atom stereocenters. The maximum absolute atomic E-state index is 11.3. The van der Waals surface area contributed by atoms with Crippen LogP contribution in [-0.4, -0.2) is 55.7 Å². The monoisotopic (exact) mass is 238 g/mol. The molecule has 0 radical (unpaired) electrons. The highest BCUT2D eigenvalue weighted by molar-refractivity contribution is 5.69. The van der Waals surface area contributed by atoms with Gasteiger partial charge in [-0.15, -0.1) is 0 Å². The maximum Gasteiger partial charge on any atom is 0.409 e. The molecule has 0 unspecified atom stereocenters. The Kier molecular flexibility index (Phi) is 4.42. The molecule has 2 aliphatic rings. The lowest BCUT2D eigenvalue weighted by atomic mass is 9.94. The largest absolute Gasteiger partial charge is 0.448 e. The smallest absolute Gasteiger partial charge is 0.409 e. The van der Waals surface area contributed by atoms with Gasteiger partial charge in [-0.1, -0.05) is 12.2 Å². The predicted octanol–water partition coefficient (Wildman–Crippen LogP) is 1.73. The van der Waals surface area contributed by atoms with E-state index in [4.69, 9.17) is 4.74 Å². The third-order valence-electron chi connectivity index (χ3n) is 3.54. The van der Waals surface area contributed by atoms with Crippen molar-refractivity contribution in [1.29, 1.82) is 0 Å². The van der Waals surface area contributed by atoms with Gasteiger partial charge in [-0.25, -0.2) is 4.79 Å². The molecule has 0 aromatic rings. The van der Waals surface area contributed by atoms with Crippen LogP contribution in [0.15, 0.2) is 12.2 Å². The van der Waals surface area contributed by atoms with Crippen LogP contribution in [0.3, 0.4) is 0 Å². The topological polar surface area (TPSA) is 32.8 Å². The SMILES string of the molecule is CN(CCN1CCOC1=O)C[C@@H]1CC=CCC1. The van der Waals surface area contributed by atoms with Gasteiger partial charge in [-0.2, -0.15) is 0 Å². The van der Waals surface area contributed by atoms with Crippen molar-refractivity contribution >= 4 is 6.09 Å². The zero-order valence-corrected chi connectivity index (χ0v) is 10.6. The molecule has 1 aliphatic carbocycles. The summed E-state index contributed by atoms with van der Waals surface area (Å²) in [5.74, 6) is 0.788. The first-order valence-electron chi connectivity index (χ1n) is 6.51. The molecule has 0 N–H and O–H groups in total. The van der Waals surface area contributed by atoms with Crippen LogP contribution in [0.5, 0.6) is 0 Å². The third-order valence-corrected chi connectivity index (χ3v) is 3.54. The van der Waals surface area contributed by atoms with Crippen molar-refractivity contribution in [3.05, 3.63) is 12.2 Å². The van der Waals surface area contributed by atoms with Crippen LogP contribution >= 0.6 is 0 Å². The maximum atomic E-state index is 11.3. The fraction of sp³-hybridized carbons (Fsp3) is 0.769. The molecular weight excluding hydrogens is 216 g/mol. The molecular formula is C13H22N2O2. The first-order valence-corrected chi connectivity index (χ1v) is 6.51. The number of nitrogens with zero attached hydrogens (tertiary/aromatic N) is 2. The minimum Gasteiger partial charge on any atom is -0.448 e. The van der Waals surface area contributed by atoms with Crippen molar-refractivity contribution < 1.29 is 9.53 Å². The highest BCUT2D eigenvalue weighted by atomic mass is 16.6. The standard InChI is InChI=1S/C13H22N2O2/c1-14(11-12-5-3-2-4-6-12)7-8-15-9-10-17-13(15)16/h2-3,12H,4-11H2,1H3/t12-/m1/s1. The molecule has 1 heterocycles. The second kappa shape index (κ2) is 6.05.